The Morgan fingerprint density at radius 3 is 2.56 bits per heavy atom. The van der Waals surface area contributed by atoms with Crippen molar-refractivity contribution in [2.24, 2.45) is 0 Å². The summed E-state index contributed by atoms with van der Waals surface area (Å²) in [5.74, 6) is 0.459. The molecule has 0 radical (unpaired) electrons. The number of fused-ring (bicyclic) bond motifs is 1. The van der Waals surface area contributed by atoms with Gasteiger partial charge in [-0.3, -0.25) is 4.90 Å². The number of piperazine rings is 1. The van der Waals surface area contributed by atoms with Gasteiger partial charge in [0.25, 0.3) is 0 Å². The first-order valence-electron chi connectivity index (χ1n) is 8.67. The van der Waals surface area contributed by atoms with Gasteiger partial charge in [-0.2, -0.15) is 0 Å². The quantitative estimate of drug-likeness (QED) is 0.577. The maximum atomic E-state index is 10.9. The number of aromatic nitrogens is 1. The molecule has 138 valence electrons. The molecule has 0 aliphatic carbocycles. The Labute approximate surface area is 174 Å². The molecule has 1 fully saturated rings. The summed E-state index contributed by atoms with van der Waals surface area (Å²) in [5, 5.41) is 11.7. The Bertz CT molecular complexity index is 808. The zero-order chi connectivity index (χ0) is 18.1. The molecule has 0 spiro atoms. The van der Waals surface area contributed by atoms with Crippen LogP contribution < -0.4 is 38.3 Å². The molecule has 0 bridgehead atoms. The Morgan fingerprint density at radius 1 is 1.19 bits per heavy atom. The fourth-order valence-corrected chi connectivity index (χ4v) is 4.14. The number of hydrogen-bond donors (Lipinski definition) is 0. The van der Waals surface area contributed by atoms with Crippen molar-refractivity contribution in [3.63, 3.8) is 0 Å². The van der Waals surface area contributed by atoms with Gasteiger partial charge in [-0.15, -0.1) is 0 Å². The van der Waals surface area contributed by atoms with E-state index in [0.29, 0.717) is 13.2 Å². The topological polar surface area (TPSA) is 78.0 Å². The number of carbonyl (C=O) groups excluding carboxylic acids is 1. The molecule has 3 heterocycles. The molecule has 2 aliphatic rings. The van der Waals surface area contributed by atoms with Crippen LogP contribution in [0.15, 0.2) is 24.4 Å². The largest absolute Gasteiger partial charge is 1.00 e. The molecule has 9 heteroatoms. The molecule has 0 saturated carbocycles. The summed E-state index contributed by atoms with van der Waals surface area (Å²) in [6.07, 6.45) is 1.37. The summed E-state index contributed by atoms with van der Waals surface area (Å²) in [7, 11) is 0. The first-order chi connectivity index (χ1) is 12.6. The van der Waals surface area contributed by atoms with E-state index in [2.05, 4.69) is 33.8 Å². The number of hydrogen-bond acceptors (Lipinski definition) is 8. The number of carboxylic acid groups (broad SMARTS) is 1. The molecule has 0 N–H and O–H groups in total. The number of rotatable bonds is 4. The zero-order valence-corrected chi connectivity index (χ0v) is 16.3. The van der Waals surface area contributed by atoms with E-state index in [0.717, 1.165) is 42.8 Å². The van der Waals surface area contributed by atoms with Gasteiger partial charge in [-0.1, -0.05) is 17.4 Å². The van der Waals surface area contributed by atoms with Gasteiger partial charge in [-0.25, -0.2) is 4.98 Å². The Balaban J connectivity index is 0.00000210. The monoisotopic (exact) mass is 381 g/mol. The Hall–Kier alpha value is -1.72. The number of carbonyl (C=O) groups is 1. The van der Waals surface area contributed by atoms with Crippen molar-refractivity contribution < 1.29 is 38.2 Å². The molecule has 2 aliphatic heterocycles. The summed E-state index contributed by atoms with van der Waals surface area (Å²) < 4.78 is 11.3. The van der Waals surface area contributed by atoms with E-state index >= 15 is 0 Å². The SMILES string of the molecule is CC(c1ccc2c(c1)OCCO2)N1CCN(c2ncc(C(=O)[O-])s2)CC1.[Li+]. The van der Waals surface area contributed by atoms with Gasteiger partial charge in [0.15, 0.2) is 16.6 Å². The number of aromatic carboxylic acids is 1. The third-order valence-electron chi connectivity index (χ3n) is 4.88. The molecule has 1 aromatic heterocycles. The van der Waals surface area contributed by atoms with Crippen molar-refractivity contribution in [3.8, 4) is 11.5 Å². The first-order valence-corrected chi connectivity index (χ1v) is 9.49. The van der Waals surface area contributed by atoms with Crippen LogP contribution in [0.3, 0.4) is 0 Å². The van der Waals surface area contributed by atoms with Crippen molar-refractivity contribution in [2.75, 3.05) is 44.3 Å². The zero-order valence-electron chi connectivity index (χ0n) is 15.5. The van der Waals surface area contributed by atoms with Crippen molar-refractivity contribution >= 4 is 22.4 Å². The van der Waals surface area contributed by atoms with Gasteiger partial charge in [0, 0.05) is 38.4 Å². The molecule has 4 rings (SSSR count). The molecule has 2 aromatic rings. The van der Waals surface area contributed by atoms with Gasteiger partial charge in [0.2, 0.25) is 0 Å². The molecular weight excluding hydrogens is 361 g/mol. The molecule has 1 atom stereocenters. The van der Waals surface area contributed by atoms with Crippen LogP contribution in [0.25, 0.3) is 0 Å². The van der Waals surface area contributed by atoms with E-state index in [1.807, 2.05) is 6.07 Å². The minimum absolute atomic E-state index is 0. The first kappa shape index (κ1) is 20.0. The van der Waals surface area contributed by atoms with Crippen molar-refractivity contribution in [1.29, 1.82) is 0 Å². The van der Waals surface area contributed by atoms with E-state index in [1.165, 1.54) is 23.1 Å². The van der Waals surface area contributed by atoms with Crippen molar-refractivity contribution in [2.45, 2.75) is 13.0 Å². The second kappa shape index (κ2) is 8.53. The molecule has 1 aromatic carbocycles. The van der Waals surface area contributed by atoms with Crippen LogP contribution in [0, 0.1) is 0 Å². The fraction of sp³-hybridized carbons (Fsp3) is 0.444. The average Bonchev–Trinajstić information content (AvgIpc) is 3.18. The number of nitrogens with zero attached hydrogens (tertiary/aromatic N) is 3. The molecular formula is C18H20LiN3O4S. The Morgan fingerprint density at radius 2 is 1.89 bits per heavy atom. The predicted molar refractivity (Wildman–Crippen MR) is 96.1 cm³/mol. The van der Waals surface area contributed by atoms with Gasteiger partial charge in [0.05, 0.1) is 10.8 Å². The van der Waals surface area contributed by atoms with E-state index in [9.17, 15) is 9.90 Å². The Kier molecular flexibility index (Phi) is 6.32. The van der Waals surface area contributed by atoms with Crippen LogP contribution in [0.1, 0.15) is 28.2 Å². The van der Waals surface area contributed by atoms with E-state index in [4.69, 9.17) is 9.47 Å². The number of ether oxygens (including phenoxy) is 2. The van der Waals surface area contributed by atoms with Gasteiger partial charge in [-0.05, 0) is 24.6 Å². The van der Waals surface area contributed by atoms with Crippen LogP contribution in [-0.2, 0) is 0 Å². The number of benzene rings is 1. The smallest absolute Gasteiger partial charge is 0.544 e. The summed E-state index contributed by atoms with van der Waals surface area (Å²) in [4.78, 5) is 19.8. The second-order valence-electron chi connectivity index (χ2n) is 6.40. The van der Waals surface area contributed by atoms with Crippen LogP contribution in [0.4, 0.5) is 5.13 Å². The number of carboxylic acids is 1. The molecule has 0 amide bonds. The van der Waals surface area contributed by atoms with Gasteiger partial charge in [0.1, 0.15) is 13.2 Å². The van der Waals surface area contributed by atoms with Gasteiger partial charge >= 0.3 is 18.9 Å². The van der Waals surface area contributed by atoms with E-state index < -0.39 is 5.97 Å². The van der Waals surface area contributed by atoms with Crippen LogP contribution in [0.5, 0.6) is 11.5 Å². The van der Waals surface area contributed by atoms with Crippen LogP contribution in [-0.4, -0.2) is 55.2 Å². The summed E-state index contributed by atoms with van der Waals surface area (Å²) >= 11 is 1.17. The molecule has 27 heavy (non-hydrogen) atoms. The standard InChI is InChI=1S/C18H21N3O4S.Li/c1-12(13-2-3-14-15(10-13)25-9-8-24-14)20-4-6-21(7-5-20)18-19-11-16(26-18)17(22)23;/h2-3,10-12H,4-9H2,1H3,(H,22,23);/q;+1/p-1. The molecule has 1 unspecified atom stereocenters. The van der Waals surface area contributed by atoms with E-state index in [1.54, 1.807) is 0 Å². The maximum Gasteiger partial charge on any atom is 1.00 e. The van der Waals surface area contributed by atoms with Crippen molar-refractivity contribution in [1.82, 2.24) is 9.88 Å². The normalized spacial score (nSPS) is 17.9. The second-order valence-corrected chi connectivity index (χ2v) is 7.41. The van der Waals surface area contributed by atoms with Gasteiger partial charge < -0.3 is 24.3 Å². The minimum atomic E-state index is -1.17. The third-order valence-corrected chi connectivity index (χ3v) is 5.91. The summed E-state index contributed by atoms with van der Waals surface area (Å²) in [6, 6.07) is 6.41. The number of anilines is 1. The third kappa shape index (κ3) is 4.24. The van der Waals surface area contributed by atoms with Crippen LogP contribution >= 0.6 is 11.3 Å². The van der Waals surface area contributed by atoms with Crippen molar-refractivity contribution in [3.05, 3.63) is 34.8 Å². The predicted octanol–water partition coefficient (Wildman–Crippen LogP) is -1.83. The van der Waals surface area contributed by atoms with Crippen LogP contribution in [0.2, 0.25) is 0 Å². The molecule has 7 nitrogen and oxygen atoms in total. The minimum Gasteiger partial charge on any atom is -0.544 e. The fourth-order valence-electron chi connectivity index (χ4n) is 3.34. The maximum absolute atomic E-state index is 10.9. The molecule has 1 saturated heterocycles. The summed E-state index contributed by atoms with van der Waals surface area (Å²) in [5.41, 5.74) is 1.20. The average molecular weight is 381 g/mol. The van der Waals surface area contributed by atoms with E-state index in [-0.39, 0.29) is 29.8 Å². The summed E-state index contributed by atoms with van der Waals surface area (Å²) in [6.45, 7) is 6.78. The number of thiazole rings is 1.